The van der Waals surface area contributed by atoms with E-state index < -0.39 is 9.84 Å². The summed E-state index contributed by atoms with van der Waals surface area (Å²) in [6, 6.07) is 4.80. The van der Waals surface area contributed by atoms with Crippen molar-refractivity contribution in [3.05, 3.63) is 33.8 Å². The molecule has 0 radical (unpaired) electrons. The van der Waals surface area contributed by atoms with Crippen molar-refractivity contribution in [2.45, 2.75) is 25.4 Å². The number of amides is 1. The lowest BCUT2D eigenvalue weighted by atomic mass is 10.1. The molecule has 1 aliphatic rings. The first-order valence-electron chi connectivity index (χ1n) is 6.95. The number of carbonyl (C=O) groups excluding carboxylic acids is 1. The third kappa shape index (κ3) is 4.84. The number of hydrogen-bond donors (Lipinski definition) is 2. The van der Waals surface area contributed by atoms with Crippen molar-refractivity contribution >= 4 is 38.9 Å². The van der Waals surface area contributed by atoms with Gasteiger partial charge < -0.3 is 10.6 Å². The molecule has 1 aliphatic heterocycles. The maximum absolute atomic E-state index is 11.9. The van der Waals surface area contributed by atoms with Gasteiger partial charge in [-0.1, -0.05) is 29.3 Å². The van der Waals surface area contributed by atoms with Crippen molar-refractivity contribution in [1.29, 1.82) is 0 Å². The van der Waals surface area contributed by atoms with Crippen LogP contribution in [0, 0.1) is 0 Å². The fraction of sp³-hybridized carbons (Fsp3) is 0.500. The van der Waals surface area contributed by atoms with Gasteiger partial charge in [0.1, 0.15) is 0 Å². The number of benzene rings is 1. The largest absolute Gasteiger partial charge is 0.351 e. The molecule has 1 aromatic rings. The molecule has 122 valence electrons. The highest BCUT2D eigenvalue weighted by atomic mass is 35.5. The van der Waals surface area contributed by atoms with Crippen LogP contribution in [0.5, 0.6) is 0 Å². The van der Waals surface area contributed by atoms with Crippen molar-refractivity contribution in [3.63, 3.8) is 0 Å². The molecule has 0 aromatic heterocycles. The molecule has 0 saturated carbocycles. The van der Waals surface area contributed by atoms with Crippen LogP contribution in [0.4, 0.5) is 0 Å². The summed E-state index contributed by atoms with van der Waals surface area (Å²) in [5.74, 6) is -0.0570. The highest BCUT2D eigenvalue weighted by molar-refractivity contribution is 7.91. The normalized spacial score (nSPS) is 21.5. The van der Waals surface area contributed by atoms with Crippen LogP contribution in [0.1, 0.15) is 24.9 Å². The molecular weight excluding hydrogens is 347 g/mol. The number of nitrogens with one attached hydrogen (secondary N) is 2. The van der Waals surface area contributed by atoms with Gasteiger partial charge in [-0.05, 0) is 31.0 Å². The molecule has 0 unspecified atom stereocenters. The predicted octanol–water partition coefficient (Wildman–Crippen LogP) is 1.95. The summed E-state index contributed by atoms with van der Waals surface area (Å²) in [5.41, 5.74) is 0.849. The average Bonchev–Trinajstić information content (AvgIpc) is 2.75. The first-order chi connectivity index (χ1) is 10.3. The Morgan fingerprint density at radius 1 is 1.41 bits per heavy atom. The second kappa shape index (κ2) is 7.17. The molecule has 1 fully saturated rings. The summed E-state index contributed by atoms with van der Waals surface area (Å²) in [7, 11) is -2.99. The Morgan fingerprint density at radius 3 is 2.73 bits per heavy atom. The van der Waals surface area contributed by atoms with Gasteiger partial charge in [0.15, 0.2) is 9.84 Å². The van der Waals surface area contributed by atoms with E-state index in [4.69, 9.17) is 23.2 Å². The summed E-state index contributed by atoms with van der Waals surface area (Å²) in [6.07, 6.45) is 0.479. The number of halogens is 2. The third-order valence-electron chi connectivity index (χ3n) is 3.60. The number of sulfone groups is 1. The van der Waals surface area contributed by atoms with Crippen molar-refractivity contribution in [1.82, 2.24) is 10.6 Å². The zero-order valence-electron chi connectivity index (χ0n) is 12.1. The maximum Gasteiger partial charge on any atom is 0.234 e. The van der Waals surface area contributed by atoms with E-state index in [-0.39, 0.29) is 36.0 Å². The highest BCUT2D eigenvalue weighted by Gasteiger charge is 2.28. The van der Waals surface area contributed by atoms with E-state index in [9.17, 15) is 13.2 Å². The Labute approximate surface area is 140 Å². The van der Waals surface area contributed by atoms with Crippen molar-refractivity contribution in [2.24, 2.45) is 0 Å². The lowest BCUT2D eigenvalue weighted by Gasteiger charge is -2.17. The molecule has 0 spiro atoms. The van der Waals surface area contributed by atoms with Crippen molar-refractivity contribution < 1.29 is 13.2 Å². The first kappa shape index (κ1) is 17.5. The SMILES string of the molecule is C[C@H](NCC(=O)N[C@H]1CCS(=O)(=O)C1)c1ccc(Cl)cc1Cl. The minimum Gasteiger partial charge on any atom is -0.351 e. The molecule has 2 atom stereocenters. The minimum atomic E-state index is -2.99. The average molecular weight is 365 g/mol. The van der Waals surface area contributed by atoms with E-state index >= 15 is 0 Å². The van der Waals surface area contributed by atoms with Gasteiger partial charge >= 0.3 is 0 Å². The number of carbonyl (C=O) groups is 1. The Bertz CT molecular complexity index is 664. The summed E-state index contributed by atoms with van der Waals surface area (Å²) in [5, 5.41) is 6.89. The van der Waals surface area contributed by atoms with Crippen LogP contribution >= 0.6 is 23.2 Å². The van der Waals surface area contributed by atoms with E-state index in [0.717, 1.165) is 5.56 Å². The van der Waals surface area contributed by atoms with Crippen molar-refractivity contribution in [3.8, 4) is 0 Å². The molecule has 5 nitrogen and oxygen atoms in total. The van der Waals surface area contributed by atoms with Gasteiger partial charge in [-0.3, -0.25) is 4.79 Å². The lowest BCUT2D eigenvalue weighted by molar-refractivity contribution is -0.120. The summed E-state index contributed by atoms with van der Waals surface area (Å²) < 4.78 is 22.7. The number of hydrogen-bond acceptors (Lipinski definition) is 4. The maximum atomic E-state index is 11.9. The predicted molar refractivity (Wildman–Crippen MR) is 88.1 cm³/mol. The van der Waals surface area contributed by atoms with Crippen LogP contribution in [0.15, 0.2) is 18.2 Å². The summed E-state index contributed by atoms with van der Waals surface area (Å²) in [4.78, 5) is 11.9. The molecular formula is C14H18Cl2N2O3S. The van der Waals surface area contributed by atoms with E-state index in [1.54, 1.807) is 12.1 Å². The van der Waals surface area contributed by atoms with Crippen LogP contribution in [-0.2, 0) is 14.6 Å². The molecule has 1 amide bonds. The Balaban J connectivity index is 1.83. The zero-order chi connectivity index (χ0) is 16.3. The molecule has 2 rings (SSSR count). The zero-order valence-corrected chi connectivity index (χ0v) is 14.4. The lowest BCUT2D eigenvalue weighted by Crippen LogP contribution is -2.41. The second-order valence-corrected chi connectivity index (χ2v) is 8.51. The molecule has 0 aliphatic carbocycles. The molecule has 0 bridgehead atoms. The van der Waals surface area contributed by atoms with E-state index in [0.29, 0.717) is 16.5 Å². The number of rotatable bonds is 5. The van der Waals surface area contributed by atoms with Gasteiger partial charge in [-0.2, -0.15) is 0 Å². The fourth-order valence-electron chi connectivity index (χ4n) is 2.40. The Kier molecular flexibility index (Phi) is 5.71. The standard InChI is InChI=1S/C14H18Cl2N2O3S/c1-9(12-3-2-10(15)6-13(12)16)17-7-14(19)18-11-4-5-22(20,21)8-11/h2-3,6,9,11,17H,4-5,7-8H2,1H3,(H,18,19)/t9-,11-/m0/s1. The van der Waals surface area contributed by atoms with Crippen LogP contribution < -0.4 is 10.6 Å². The minimum absolute atomic E-state index is 0.0251. The van der Waals surface area contributed by atoms with Gasteiger partial charge in [-0.25, -0.2) is 8.42 Å². The van der Waals surface area contributed by atoms with E-state index in [2.05, 4.69) is 10.6 Å². The van der Waals surface area contributed by atoms with Crippen LogP contribution in [0.3, 0.4) is 0 Å². The monoisotopic (exact) mass is 364 g/mol. The fourth-order valence-corrected chi connectivity index (χ4v) is 4.64. The molecule has 8 heteroatoms. The Hall–Kier alpha value is -0.820. The smallest absolute Gasteiger partial charge is 0.234 e. The van der Waals surface area contributed by atoms with Crippen LogP contribution in [-0.4, -0.2) is 38.4 Å². The second-order valence-electron chi connectivity index (χ2n) is 5.44. The van der Waals surface area contributed by atoms with Crippen molar-refractivity contribution in [2.75, 3.05) is 18.1 Å². The van der Waals surface area contributed by atoms with Gasteiger partial charge in [0.05, 0.1) is 18.1 Å². The quantitative estimate of drug-likeness (QED) is 0.836. The molecule has 1 heterocycles. The van der Waals surface area contributed by atoms with Gasteiger partial charge in [-0.15, -0.1) is 0 Å². The van der Waals surface area contributed by atoms with E-state index in [1.165, 1.54) is 0 Å². The van der Waals surface area contributed by atoms with E-state index in [1.807, 2.05) is 13.0 Å². The summed E-state index contributed by atoms with van der Waals surface area (Å²) in [6.45, 7) is 1.99. The highest BCUT2D eigenvalue weighted by Crippen LogP contribution is 2.25. The van der Waals surface area contributed by atoms with Gasteiger partial charge in [0.25, 0.3) is 0 Å². The van der Waals surface area contributed by atoms with Crippen LogP contribution in [0.25, 0.3) is 0 Å². The van der Waals surface area contributed by atoms with Gasteiger partial charge in [0, 0.05) is 22.1 Å². The topological polar surface area (TPSA) is 75.3 Å². The first-order valence-corrected chi connectivity index (χ1v) is 9.53. The molecule has 2 N–H and O–H groups in total. The van der Waals surface area contributed by atoms with Gasteiger partial charge in [0.2, 0.25) is 5.91 Å². The molecule has 22 heavy (non-hydrogen) atoms. The third-order valence-corrected chi connectivity index (χ3v) is 5.93. The Morgan fingerprint density at radius 2 is 2.14 bits per heavy atom. The molecule has 1 aromatic carbocycles. The van der Waals surface area contributed by atoms with Crippen LogP contribution in [0.2, 0.25) is 10.0 Å². The molecule has 1 saturated heterocycles. The summed E-state index contributed by atoms with van der Waals surface area (Å²) >= 11 is 12.0.